The number of benzene rings is 1. The third kappa shape index (κ3) is 8.01. The summed E-state index contributed by atoms with van der Waals surface area (Å²) in [4.78, 5) is 56.7. The molecule has 14 heteroatoms. The van der Waals surface area contributed by atoms with E-state index in [9.17, 15) is 34.5 Å². The molecule has 0 saturated carbocycles. The molecule has 3 N–H and O–H groups in total. The summed E-state index contributed by atoms with van der Waals surface area (Å²) in [5, 5.41) is 36.6. The van der Waals surface area contributed by atoms with Gasteiger partial charge in [0, 0.05) is 30.7 Å². The molecule has 2 fully saturated rings. The highest BCUT2D eigenvalue weighted by Gasteiger charge is 2.85. The molecule has 1 aromatic carbocycles. The van der Waals surface area contributed by atoms with Gasteiger partial charge in [0.15, 0.2) is 6.10 Å². The lowest BCUT2D eigenvalue weighted by molar-refractivity contribution is -0.383. The van der Waals surface area contributed by atoms with Gasteiger partial charge in [0.25, 0.3) is 0 Å². The predicted molar refractivity (Wildman–Crippen MR) is 189 cm³/mol. The molecule has 13 nitrogen and oxygen atoms in total. The molecule has 4 rings (SSSR count). The van der Waals surface area contributed by atoms with Gasteiger partial charge in [-0.3, -0.25) is 4.79 Å². The monoisotopic (exact) mass is 743 g/mol. The number of rotatable bonds is 17. The maximum atomic E-state index is 13.5. The molecular formula is C38H49NO12S. The predicted octanol–water partition coefficient (Wildman–Crippen LogP) is 4.72. The number of fused-ring (bicyclic) bond motifs is 2. The van der Waals surface area contributed by atoms with Crippen molar-refractivity contribution in [3.8, 4) is 0 Å². The van der Waals surface area contributed by atoms with Crippen LogP contribution >= 0.6 is 11.3 Å². The number of aliphatic hydroxyl groups is 2. The molecule has 0 aliphatic carbocycles. The van der Waals surface area contributed by atoms with E-state index in [0.717, 1.165) is 42.9 Å². The van der Waals surface area contributed by atoms with E-state index in [0.29, 0.717) is 17.9 Å². The third-order valence-corrected chi connectivity index (χ3v) is 10.6. The van der Waals surface area contributed by atoms with E-state index in [1.165, 1.54) is 17.8 Å². The van der Waals surface area contributed by atoms with E-state index in [2.05, 4.69) is 25.4 Å². The summed E-state index contributed by atoms with van der Waals surface area (Å²) in [6.45, 7) is 13.4. The van der Waals surface area contributed by atoms with Gasteiger partial charge in [-0.2, -0.15) is 0 Å². The molecule has 52 heavy (non-hydrogen) atoms. The summed E-state index contributed by atoms with van der Waals surface area (Å²) in [5.41, 5.74) is -3.64. The number of ether oxygens (including phenoxy) is 5. The first kappa shape index (κ1) is 40.8. The van der Waals surface area contributed by atoms with Crippen LogP contribution in [0.4, 0.5) is 0 Å². The molecule has 2 aromatic rings. The van der Waals surface area contributed by atoms with Crippen molar-refractivity contribution < 1.29 is 58.2 Å². The van der Waals surface area contributed by atoms with Crippen molar-refractivity contribution >= 4 is 35.2 Å². The minimum Gasteiger partial charge on any atom is -0.479 e. The second-order valence-corrected chi connectivity index (χ2v) is 14.6. The number of allylic oxidation sites excluding steroid dienone is 1. The summed E-state index contributed by atoms with van der Waals surface area (Å²) in [6.07, 6.45) is -2.37. The number of aromatic nitrogens is 1. The Morgan fingerprint density at radius 1 is 1.15 bits per heavy atom. The van der Waals surface area contributed by atoms with Crippen LogP contribution in [0.1, 0.15) is 77.7 Å². The highest BCUT2D eigenvalue weighted by atomic mass is 32.1. The van der Waals surface area contributed by atoms with Crippen molar-refractivity contribution in [1.29, 1.82) is 0 Å². The van der Waals surface area contributed by atoms with Gasteiger partial charge in [-0.25, -0.2) is 19.4 Å². The number of carboxylic acid groups (broad SMARTS) is 1. The summed E-state index contributed by atoms with van der Waals surface area (Å²) in [7, 11) is 0.930. The fourth-order valence-electron chi connectivity index (χ4n) is 7.12. The lowest BCUT2D eigenvalue weighted by Gasteiger charge is -2.50. The first-order valence-electron chi connectivity index (χ1n) is 17.3. The number of carbonyl (C=O) groups excluding carboxylic acids is 3. The normalized spacial score (nSPS) is 29.1. The Morgan fingerprint density at radius 3 is 2.42 bits per heavy atom. The zero-order chi connectivity index (χ0) is 38.4. The van der Waals surface area contributed by atoms with Gasteiger partial charge in [-0.05, 0) is 42.2 Å². The molecule has 2 bridgehead atoms. The van der Waals surface area contributed by atoms with E-state index in [1.54, 1.807) is 6.08 Å². The molecule has 3 heterocycles. The summed E-state index contributed by atoms with van der Waals surface area (Å²) >= 11 is 1.08. The van der Waals surface area contributed by atoms with Crippen LogP contribution in [0.15, 0.2) is 65.5 Å². The van der Waals surface area contributed by atoms with Crippen molar-refractivity contribution in [3.63, 3.8) is 0 Å². The van der Waals surface area contributed by atoms with E-state index in [1.807, 2.05) is 44.2 Å². The molecular weight excluding hydrogens is 694 g/mol. The number of hydrogen-bond donors (Lipinski definition) is 3. The lowest BCUT2D eigenvalue weighted by Crippen LogP contribution is -2.74. The molecule has 2 saturated heterocycles. The molecule has 0 unspecified atom stereocenters. The van der Waals surface area contributed by atoms with Crippen LogP contribution in [0.2, 0.25) is 0 Å². The maximum absolute atomic E-state index is 13.5. The van der Waals surface area contributed by atoms with Gasteiger partial charge in [-0.15, -0.1) is 11.3 Å². The quantitative estimate of drug-likeness (QED) is 0.0875. The van der Waals surface area contributed by atoms with Crippen LogP contribution in [-0.2, 0) is 49.3 Å². The smallest absolute Gasteiger partial charge is 0.345 e. The maximum Gasteiger partial charge on any atom is 0.345 e. The fourth-order valence-corrected chi connectivity index (χ4v) is 7.69. The molecule has 1 aromatic heterocycles. The Bertz CT molecular complexity index is 1610. The molecule has 2 aliphatic heterocycles. The second kappa shape index (κ2) is 16.8. The highest BCUT2D eigenvalue weighted by molar-refractivity contribution is 7.07. The fraction of sp³-hybridized carbons (Fsp3) is 0.553. The first-order chi connectivity index (χ1) is 24.6. The number of aliphatic hydroxyl groups excluding tert-OH is 1. The number of hydrogen-bond acceptors (Lipinski definition) is 13. The number of aliphatic carboxylic acids is 1. The Labute approximate surface area is 307 Å². The van der Waals surface area contributed by atoms with Crippen LogP contribution in [0, 0.1) is 17.8 Å². The topological polar surface area (TPSA) is 188 Å². The second-order valence-electron chi connectivity index (χ2n) is 13.9. The number of thiazole rings is 1. The van der Waals surface area contributed by atoms with Crippen molar-refractivity contribution in [2.24, 2.45) is 17.8 Å². The van der Waals surface area contributed by atoms with Crippen LogP contribution in [0.3, 0.4) is 0 Å². The van der Waals surface area contributed by atoms with Crippen LogP contribution < -0.4 is 0 Å². The van der Waals surface area contributed by atoms with E-state index >= 15 is 0 Å². The van der Waals surface area contributed by atoms with Gasteiger partial charge in [-0.1, -0.05) is 77.1 Å². The number of carboxylic acids is 1. The van der Waals surface area contributed by atoms with E-state index in [-0.39, 0.29) is 30.4 Å². The standard InChI is InChI=1S/C38H49NO12S/c1-8-22(2)18-23(3)14-15-29(41)49-33-31(42)36(17-16-24(4)30(48-26(6)40)25(5)19-27-12-10-9-11-13-27)50-32(28-20-52-21-39-28)37(46,35(45)47-7)38(33,51-36)34(43)44/h9-15,20-23,25,30-33,42,46H,4,8,16-19H2,1-3,5-7H3,(H,43,44)/b15-14+/t22-,23+,25+,30+,31+,32+,33+,36+,37+,38+/m0/s1. The summed E-state index contributed by atoms with van der Waals surface area (Å²) in [5.74, 6) is -7.24. The van der Waals surface area contributed by atoms with Gasteiger partial charge in [0.1, 0.15) is 18.3 Å². The molecule has 2 aliphatic rings. The molecule has 0 spiro atoms. The number of methoxy groups -OCH3 is 1. The molecule has 10 atom stereocenters. The highest BCUT2D eigenvalue weighted by Crippen LogP contribution is 2.59. The Balaban J connectivity index is 1.75. The number of esters is 3. The lowest BCUT2D eigenvalue weighted by atomic mass is 9.73. The van der Waals surface area contributed by atoms with Crippen LogP contribution in [-0.4, -0.2) is 86.6 Å². The molecule has 0 radical (unpaired) electrons. The van der Waals surface area contributed by atoms with E-state index in [4.69, 9.17) is 23.7 Å². The van der Waals surface area contributed by atoms with Crippen molar-refractivity contribution in [2.75, 3.05) is 7.11 Å². The van der Waals surface area contributed by atoms with Gasteiger partial charge in [0.05, 0.1) is 18.3 Å². The summed E-state index contributed by atoms with van der Waals surface area (Å²) in [6, 6.07) is 9.56. The average molecular weight is 744 g/mol. The van der Waals surface area contributed by atoms with Crippen molar-refractivity contribution in [1.82, 2.24) is 4.98 Å². The first-order valence-corrected chi connectivity index (χ1v) is 18.3. The minimum atomic E-state index is -3.22. The Hall–Kier alpha value is -3.95. The summed E-state index contributed by atoms with van der Waals surface area (Å²) < 4.78 is 28.6. The SMILES string of the molecule is C=C(CC[C@@]12O[C@H](c3cscn3)[C@@](O)(C(=O)OC)[C@@](C(=O)O)(O1)[C@H](OC(=O)/C=C/[C@@H](C)C[C@@H](C)CC)[C@H]2O)[C@@H](OC(C)=O)[C@H](C)Cc1ccccc1. The zero-order valence-electron chi connectivity index (χ0n) is 30.4. The molecule has 0 amide bonds. The van der Waals surface area contributed by atoms with Crippen LogP contribution in [0.25, 0.3) is 0 Å². The van der Waals surface area contributed by atoms with Crippen LogP contribution in [0.5, 0.6) is 0 Å². The largest absolute Gasteiger partial charge is 0.479 e. The van der Waals surface area contributed by atoms with Crippen molar-refractivity contribution in [2.45, 2.75) is 108 Å². The van der Waals surface area contributed by atoms with E-state index < -0.39 is 65.3 Å². The zero-order valence-corrected chi connectivity index (χ0v) is 31.2. The Kier molecular flexibility index (Phi) is 13.2. The Morgan fingerprint density at radius 2 is 1.85 bits per heavy atom. The molecule has 284 valence electrons. The minimum absolute atomic E-state index is 0.0453. The van der Waals surface area contributed by atoms with Crippen molar-refractivity contribution in [3.05, 3.63) is 76.8 Å². The third-order valence-electron chi connectivity index (χ3n) is 9.95. The number of nitrogens with zero attached hydrogens (tertiary/aromatic N) is 1. The van der Waals surface area contributed by atoms with Gasteiger partial charge >= 0.3 is 23.9 Å². The van der Waals surface area contributed by atoms with Gasteiger partial charge < -0.3 is 39.0 Å². The number of carbonyl (C=O) groups is 4. The van der Waals surface area contributed by atoms with Gasteiger partial charge in [0.2, 0.25) is 17.0 Å². The average Bonchev–Trinajstić information content (AvgIpc) is 3.72.